The number of aryl methyl sites for hydroxylation is 2. The van der Waals surface area contributed by atoms with Gasteiger partial charge in [0, 0.05) is 19.5 Å². The zero-order valence-corrected chi connectivity index (χ0v) is 20.6. The first-order valence-corrected chi connectivity index (χ1v) is 13.2. The fourth-order valence-corrected chi connectivity index (χ4v) is 5.75. The van der Waals surface area contributed by atoms with Crippen molar-refractivity contribution < 1.29 is 18.3 Å². The van der Waals surface area contributed by atoms with Crippen LogP contribution >= 0.6 is 0 Å². The molecule has 184 valence electrons. The van der Waals surface area contributed by atoms with Crippen LogP contribution in [0.25, 0.3) is 16.9 Å². The summed E-state index contributed by atoms with van der Waals surface area (Å²) in [6.07, 6.45) is 2.41. The number of H-pyrrole nitrogens is 1. The molecule has 0 amide bonds. The van der Waals surface area contributed by atoms with Crippen molar-refractivity contribution in [3.05, 3.63) is 40.1 Å². The van der Waals surface area contributed by atoms with Crippen molar-refractivity contribution >= 4 is 15.5 Å². The Morgan fingerprint density at radius 3 is 2.59 bits per heavy atom. The molecule has 0 bridgehead atoms. The zero-order chi connectivity index (χ0) is 24.5. The molecule has 11 heteroatoms. The highest BCUT2D eigenvalue weighted by Crippen LogP contribution is 2.32. The largest absolute Gasteiger partial charge is 0.493 e. The SMILES string of the molecule is CCCc1nc(CC)c2c(=O)[nH]c(-c3cc(S(=O)(=O)N4CCC(O)CC4)ccc3OCC)nn12. The minimum Gasteiger partial charge on any atom is -0.493 e. The number of fused-ring (bicyclic) bond motifs is 1. The Labute approximate surface area is 198 Å². The van der Waals surface area contributed by atoms with E-state index in [0.29, 0.717) is 60.6 Å². The molecule has 34 heavy (non-hydrogen) atoms. The van der Waals surface area contributed by atoms with Crippen LogP contribution in [0.5, 0.6) is 5.75 Å². The summed E-state index contributed by atoms with van der Waals surface area (Å²) in [5.74, 6) is 1.32. The Kier molecular flexibility index (Phi) is 7.06. The van der Waals surface area contributed by atoms with Crippen molar-refractivity contribution in [2.75, 3.05) is 19.7 Å². The highest BCUT2D eigenvalue weighted by molar-refractivity contribution is 7.89. The third-order valence-electron chi connectivity index (χ3n) is 6.02. The molecule has 1 fully saturated rings. The number of piperidine rings is 1. The average Bonchev–Trinajstić information content (AvgIpc) is 3.18. The van der Waals surface area contributed by atoms with E-state index in [2.05, 4.69) is 15.1 Å². The van der Waals surface area contributed by atoms with Crippen molar-refractivity contribution in [2.45, 2.75) is 63.9 Å². The van der Waals surface area contributed by atoms with Crippen LogP contribution in [0, 0.1) is 0 Å². The van der Waals surface area contributed by atoms with Gasteiger partial charge in [0.05, 0.1) is 28.9 Å². The normalized spacial score (nSPS) is 15.8. The maximum atomic E-state index is 13.3. The molecule has 0 spiro atoms. The second-order valence-corrected chi connectivity index (χ2v) is 10.3. The molecule has 1 saturated heterocycles. The standard InChI is InChI=1S/C23H31N5O5S/c1-4-7-20-24-18(5-2)21-23(30)25-22(26-28(20)21)17-14-16(8-9-19(17)33-6-3)34(31,32)27-12-10-15(29)11-13-27/h8-9,14-15,29H,4-7,10-13H2,1-3H3,(H,25,26,30). The molecule has 0 unspecified atom stereocenters. The van der Waals surface area contributed by atoms with Gasteiger partial charge in [-0.15, -0.1) is 5.10 Å². The van der Waals surface area contributed by atoms with Crippen LogP contribution in [-0.2, 0) is 22.9 Å². The predicted octanol–water partition coefficient (Wildman–Crippen LogP) is 2.14. The molecule has 2 aromatic heterocycles. The number of benzene rings is 1. The minimum atomic E-state index is -3.79. The average molecular weight is 490 g/mol. The number of aliphatic hydroxyl groups is 1. The van der Waals surface area contributed by atoms with E-state index in [1.54, 1.807) is 10.6 Å². The maximum Gasteiger partial charge on any atom is 0.277 e. The van der Waals surface area contributed by atoms with E-state index >= 15 is 0 Å². The van der Waals surface area contributed by atoms with Gasteiger partial charge >= 0.3 is 0 Å². The summed E-state index contributed by atoms with van der Waals surface area (Å²) >= 11 is 0. The molecule has 4 rings (SSSR count). The lowest BCUT2D eigenvalue weighted by molar-refractivity contribution is 0.113. The zero-order valence-electron chi connectivity index (χ0n) is 19.7. The third kappa shape index (κ3) is 4.47. The molecule has 3 aromatic rings. The lowest BCUT2D eigenvalue weighted by atomic mass is 10.1. The van der Waals surface area contributed by atoms with Gasteiger partial charge < -0.3 is 14.8 Å². The molecule has 1 aliphatic heterocycles. The van der Waals surface area contributed by atoms with Crippen LogP contribution < -0.4 is 10.3 Å². The second kappa shape index (κ2) is 9.85. The lowest BCUT2D eigenvalue weighted by Gasteiger charge is -2.29. The highest BCUT2D eigenvalue weighted by atomic mass is 32.2. The van der Waals surface area contributed by atoms with Gasteiger partial charge in [-0.1, -0.05) is 13.8 Å². The molecule has 1 aromatic carbocycles. The molecule has 3 heterocycles. The number of aromatic nitrogens is 4. The molecular formula is C23H31N5O5S. The predicted molar refractivity (Wildman–Crippen MR) is 128 cm³/mol. The van der Waals surface area contributed by atoms with Gasteiger partial charge in [0.15, 0.2) is 11.3 Å². The molecule has 10 nitrogen and oxygen atoms in total. The number of aromatic amines is 1. The van der Waals surface area contributed by atoms with E-state index in [0.717, 1.165) is 6.42 Å². The number of ether oxygens (including phenoxy) is 1. The van der Waals surface area contributed by atoms with Gasteiger partial charge in [0.1, 0.15) is 11.6 Å². The van der Waals surface area contributed by atoms with E-state index in [1.165, 1.54) is 16.4 Å². The number of sulfonamides is 1. The Hall–Kier alpha value is -2.76. The molecule has 1 aliphatic rings. The van der Waals surface area contributed by atoms with E-state index in [-0.39, 0.29) is 29.4 Å². The highest BCUT2D eigenvalue weighted by Gasteiger charge is 2.30. The second-order valence-electron chi connectivity index (χ2n) is 8.37. The van der Waals surface area contributed by atoms with Crippen LogP contribution in [0.4, 0.5) is 0 Å². The van der Waals surface area contributed by atoms with Gasteiger partial charge in [-0.3, -0.25) is 4.79 Å². The van der Waals surface area contributed by atoms with Crippen LogP contribution in [0.3, 0.4) is 0 Å². The summed E-state index contributed by atoms with van der Waals surface area (Å²) in [6, 6.07) is 4.58. The lowest BCUT2D eigenvalue weighted by Crippen LogP contribution is -2.40. The van der Waals surface area contributed by atoms with Gasteiger partial charge in [0.2, 0.25) is 10.0 Å². The Morgan fingerprint density at radius 1 is 1.21 bits per heavy atom. The number of aliphatic hydroxyl groups excluding tert-OH is 1. The summed E-state index contributed by atoms with van der Waals surface area (Å²) < 4.78 is 35.3. The summed E-state index contributed by atoms with van der Waals surface area (Å²) in [6.45, 7) is 6.66. The Bertz CT molecular complexity index is 1340. The number of rotatable bonds is 8. The van der Waals surface area contributed by atoms with E-state index in [9.17, 15) is 18.3 Å². The summed E-state index contributed by atoms with van der Waals surface area (Å²) in [7, 11) is -3.79. The van der Waals surface area contributed by atoms with Crippen molar-refractivity contribution in [1.29, 1.82) is 0 Å². The Morgan fingerprint density at radius 2 is 1.94 bits per heavy atom. The maximum absolute atomic E-state index is 13.3. The van der Waals surface area contributed by atoms with E-state index < -0.39 is 16.1 Å². The summed E-state index contributed by atoms with van der Waals surface area (Å²) in [5.41, 5.74) is 1.13. The van der Waals surface area contributed by atoms with Gasteiger partial charge in [-0.2, -0.15) is 4.31 Å². The van der Waals surface area contributed by atoms with Gasteiger partial charge in [-0.25, -0.2) is 17.9 Å². The van der Waals surface area contributed by atoms with Gasteiger partial charge in [0.25, 0.3) is 5.56 Å². The molecule has 0 radical (unpaired) electrons. The van der Waals surface area contributed by atoms with Crippen LogP contribution in [0.2, 0.25) is 0 Å². The first-order valence-electron chi connectivity index (χ1n) is 11.8. The topological polar surface area (TPSA) is 130 Å². The molecule has 2 N–H and O–H groups in total. The number of hydrogen-bond donors (Lipinski definition) is 2. The Balaban J connectivity index is 1.86. The molecule has 0 saturated carbocycles. The summed E-state index contributed by atoms with van der Waals surface area (Å²) in [4.78, 5) is 20.5. The number of imidazole rings is 1. The first kappa shape index (κ1) is 24.4. The first-order chi connectivity index (χ1) is 16.3. The molecular weight excluding hydrogens is 458 g/mol. The van der Waals surface area contributed by atoms with E-state index in [1.807, 2.05) is 20.8 Å². The molecule has 0 atom stereocenters. The van der Waals surface area contributed by atoms with Crippen molar-refractivity contribution in [3.8, 4) is 17.1 Å². The minimum absolute atomic E-state index is 0.0822. The van der Waals surface area contributed by atoms with Gasteiger partial charge in [-0.05, 0) is 50.8 Å². The quantitative estimate of drug-likeness (QED) is 0.496. The third-order valence-corrected chi connectivity index (χ3v) is 7.91. The fraction of sp³-hybridized carbons (Fsp3) is 0.522. The van der Waals surface area contributed by atoms with Crippen molar-refractivity contribution in [1.82, 2.24) is 23.9 Å². The van der Waals surface area contributed by atoms with Crippen molar-refractivity contribution in [3.63, 3.8) is 0 Å². The molecule has 0 aliphatic carbocycles. The number of nitrogens with zero attached hydrogens (tertiary/aromatic N) is 4. The monoisotopic (exact) mass is 489 g/mol. The van der Waals surface area contributed by atoms with Crippen LogP contribution in [0.1, 0.15) is 51.6 Å². The van der Waals surface area contributed by atoms with Crippen LogP contribution in [0.15, 0.2) is 27.9 Å². The summed E-state index contributed by atoms with van der Waals surface area (Å²) in [5, 5.41) is 14.4. The smallest absolute Gasteiger partial charge is 0.277 e. The van der Waals surface area contributed by atoms with Crippen LogP contribution in [-0.4, -0.2) is 63.2 Å². The number of hydrogen-bond acceptors (Lipinski definition) is 7. The van der Waals surface area contributed by atoms with Crippen molar-refractivity contribution in [2.24, 2.45) is 0 Å². The van der Waals surface area contributed by atoms with E-state index in [4.69, 9.17) is 4.74 Å². The number of nitrogens with one attached hydrogen (secondary N) is 1. The fourth-order valence-electron chi connectivity index (χ4n) is 4.25.